The van der Waals surface area contributed by atoms with E-state index in [1.807, 2.05) is 87.5 Å². The lowest BCUT2D eigenvalue weighted by molar-refractivity contribution is -0.126. The Labute approximate surface area is 211 Å². The number of benzene rings is 3. The topological polar surface area (TPSA) is 68.3 Å². The zero-order valence-corrected chi connectivity index (χ0v) is 20.7. The van der Waals surface area contributed by atoms with Gasteiger partial charge in [-0.15, -0.1) is 0 Å². The minimum atomic E-state index is -0.922. The van der Waals surface area contributed by atoms with Crippen molar-refractivity contribution in [3.63, 3.8) is 0 Å². The molecule has 0 unspecified atom stereocenters. The maximum absolute atomic E-state index is 13.8. The minimum Gasteiger partial charge on any atom is -0.490 e. The second-order valence-corrected chi connectivity index (χ2v) is 9.00. The van der Waals surface area contributed by atoms with Crippen molar-refractivity contribution in [1.29, 1.82) is 0 Å². The minimum absolute atomic E-state index is 0.275. The van der Waals surface area contributed by atoms with Crippen molar-refractivity contribution in [3.8, 4) is 11.5 Å². The van der Waals surface area contributed by atoms with Crippen LogP contribution in [0.15, 0.2) is 72.8 Å². The number of amides is 2. The van der Waals surface area contributed by atoms with Gasteiger partial charge in [-0.25, -0.2) is 9.96 Å². The highest BCUT2D eigenvalue weighted by molar-refractivity contribution is 6.24. The average molecular weight is 487 g/mol. The van der Waals surface area contributed by atoms with E-state index in [-0.39, 0.29) is 11.8 Å². The molecule has 0 radical (unpaired) electrons. The fourth-order valence-corrected chi connectivity index (χ4v) is 4.88. The summed E-state index contributed by atoms with van der Waals surface area (Å²) < 4.78 is 11.8. The third-order valence-corrected chi connectivity index (χ3v) is 6.46. The zero-order chi connectivity index (χ0) is 25.2. The summed E-state index contributed by atoms with van der Waals surface area (Å²) in [6.07, 6.45) is -0.0458. The Hall–Kier alpha value is -3.84. The van der Waals surface area contributed by atoms with Crippen LogP contribution in [0.2, 0.25) is 0 Å². The fraction of sp³-hybridized carbons (Fsp3) is 0.310. The van der Waals surface area contributed by atoms with Gasteiger partial charge >= 0.3 is 0 Å². The molecule has 2 saturated heterocycles. The van der Waals surface area contributed by atoms with Gasteiger partial charge in [0.25, 0.3) is 5.91 Å². The number of rotatable bonds is 8. The molecule has 186 valence electrons. The number of fused-ring (bicyclic) bond motifs is 1. The van der Waals surface area contributed by atoms with Gasteiger partial charge in [-0.05, 0) is 67.8 Å². The van der Waals surface area contributed by atoms with E-state index in [4.69, 9.17) is 14.3 Å². The van der Waals surface area contributed by atoms with Crippen LogP contribution in [0.3, 0.4) is 0 Å². The van der Waals surface area contributed by atoms with Gasteiger partial charge < -0.3 is 9.47 Å². The van der Waals surface area contributed by atoms with Crippen LogP contribution in [-0.2, 0) is 14.4 Å². The summed E-state index contributed by atoms with van der Waals surface area (Å²) >= 11 is 0. The number of hydroxylamine groups is 1. The molecule has 2 heterocycles. The predicted octanol–water partition coefficient (Wildman–Crippen LogP) is 5.23. The Morgan fingerprint density at radius 1 is 0.833 bits per heavy atom. The second-order valence-electron chi connectivity index (χ2n) is 9.00. The summed E-state index contributed by atoms with van der Waals surface area (Å²) in [5.74, 6) is -0.0861. The van der Waals surface area contributed by atoms with Crippen molar-refractivity contribution in [1.82, 2.24) is 0 Å². The average Bonchev–Trinajstić information content (AvgIpc) is 3.39. The quantitative estimate of drug-likeness (QED) is 0.406. The van der Waals surface area contributed by atoms with Gasteiger partial charge in [-0.2, -0.15) is 0 Å². The molecule has 7 heteroatoms. The smallest absolute Gasteiger partial charge is 0.266 e. The molecule has 0 aromatic heterocycles. The maximum atomic E-state index is 13.8. The van der Waals surface area contributed by atoms with Crippen LogP contribution in [0.4, 0.5) is 11.4 Å². The number of para-hydroxylation sites is 1. The van der Waals surface area contributed by atoms with Crippen molar-refractivity contribution >= 4 is 23.2 Å². The zero-order valence-electron chi connectivity index (χ0n) is 20.7. The van der Waals surface area contributed by atoms with E-state index < -0.39 is 18.1 Å². The van der Waals surface area contributed by atoms with E-state index in [9.17, 15) is 9.59 Å². The van der Waals surface area contributed by atoms with Crippen LogP contribution in [0, 0.1) is 12.8 Å². The monoisotopic (exact) mass is 486 g/mol. The van der Waals surface area contributed by atoms with Crippen LogP contribution in [-0.4, -0.2) is 31.1 Å². The first-order valence-electron chi connectivity index (χ1n) is 12.4. The van der Waals surface area contributed by atoms with Gasteiger partial charge in [-0.1, -0.05) is 43.3 Å². The van der Waals surface area contributed by atoms with Crippen LogP contribution in [0.1, 0.15) is 37.4 Å². The number of aryl methyl sites for hydroxylation is 1. The van der Waals surface area contributed by atoms with Gasteiger partial charge in [0.05, 0.1) is 30.6 Å². The number of carbonyl (C=O) groups is 2. The van der Waals surface area contributed by atoms with Crippen molar-refractivity contribution in [2.45, 2.75) is 39.3 Å². The van der Waals surface area contributed by atoms with E-state index in [0.717, 1.165) is 23.2 Å². The third-order valence-electron chi connectivity index (χ3n) is 6.46. The van der Waals surface area contributed by atoms with E-state index in [1.54, 1.807) is 11.1 Å². The molecule has 7 nitrogen and oxygen atoms in total. The summed E-state index contributed by atoms with van der Waals surface area (Å²) in [5.41, 5.74) is 3.11. The Bertz CT molecular complexity index is 1260. The van der Waals surface area contributed by atoms with Crippen molar-refractivity contribution < 1.29 is 23.9 Å². The van der Waals surface area contributed by atoms with Crippen LogP contribution in [0.25, 0.3) is 0 Å². The van der Waals surface area contributed by atoms with Gasteiger partial charge in [0.2, 0.25) is 5.91 Å². The van der Waals surface area contributed by atoms with Gasteiger partial charge in [0.15, 0.2) is 17.6 Å². The molecule has 0 spiro atoms. The first kappa shape index (κ1) is 23.9. The molecule has 3 aromatic rings. The predicted molar refractivity (Wildman–Crippen MR) is 137 cm³/mol. The lowest BCUT2D eigenvalue weighted by atomic mass is 9.90. The Morgan fingerprint density at radius 3 is 2.33 bits per heavy atom. The molecular weight excluding hydrogens is 456 g/mol. The van der Waals surface area contributed by atoms with Crippen molar-refractivity contribution in [2.75, 3.05) is 23.2 Å². The number of ether oxygens (including phenoxy) is 2. The van der Waals surface area contributed by atoms with Crippen LogP contribution in [0.5, 0.6) is 11.5 Å². The lowest BCUT2D eigenvalue weighted by Gasteiger charge is -2.29. The summed E-state index contributed by atoms with van der Waals surface area (Å²) in [6, 6.07) is 22.1. The number of carbonyl (C=O) groups excluding carboxylic acids is 2. The molecule has 2 aliphatic heterocycles. The Morgan fingerprint density at radius 2 is 1.61 bits per heavy atom. The number of hydrogen-bond donors (Lipinski definition) is 0. The Balaban J connectivity index is 1.58. The van der Waals surface area contributed by atoms with E-state index in [0.29, 0.717) is 30.4 Å². The van der Waals surface area contributed by atoms with Gasteiger partial charge in [-0.3, -0.25) is 14.4 Å². The molecule has 36 heavy (non-hydrogen) atoms. The highest BCUT2D eigenvalue weighted by Gasteiger charge is 2.60. The standard InChI is InChI=1S/C29H30N2O5/c1-4-16-35-23-15-14-20(18-24(23)34-5-2)26-25-27(36-31(26)21-11-7-6-8-12-21)29(33)30(28(25)32)22-13-9-10-19(3)17-22/h6-15,17-18,25-27H,4-5,16H2,1-3H3/t25-,26+,27-/m0/s1. The first-order valence-corrected chi connectivity index (χ1v) is 12.4. The van der Waals surface area contributed by atoms with Crippen LogP contribution >= 0.6 is 0 Å². The van der Waals surface area contributed by atoms with Gasteiger partial charge in [0, 0.05) is 0 Å². The van der Waals surface area contributed by atoms with E-state index in [2.05, 4.69) is 0 Å². The fourth-order valence-electron chi connectivity index (χ4n) is 4.88. The SMILES string of the molecule is CCCOc1ccc([C@@H]2[C@@H]3C(=O)N(c4cccc(C)c4)C(=O)[C@H]3ON2c2ccccc2)cc1OCC. The number of hydrogen-bond acceptors (Lipinski definition) is 6. The molecule has 2 aliphatic rings. The van der Waals surface area contributed by atoms with Crippen molar-refractivity contribution in [2.24, 2.45) is 5.92 Å². The summed E-state index contributed by atoms with van der Waals surface area (Å²) in [4.78, 5) is 34.9. The molecule has 0 bridgehead atoms. The molecule has 2 fully saturated rings. The molecule has 0 aliphatic carbocycles. The molecule has 0 N–H and O–H groups in total. The Kier molecular flexibility index (Phi) is 6.65. The molecule has 0 saturated carbocycles. The molecule has 2 amide bonds. The second kappa shape index (κ2) is 10.0. The molecule has 5 rings (SSSR count). The maximum Gasteiger partial charge on any atom is 0.266 e. The highest BCUT2D eigenvalue weighted by atomic mass is 16.7. The number of imide groups is 1. The first-order chi connectivity index (χ1) is 17.5. The van der Waals surface area contributed by atoms with E-state index in [1.165, 1.54) is 4.90 Å². The number of anilines is 2. The summed E-state index contributed by atoms with van der Waals surface area (Å²) in [5, 5.41) is 1.69. The largest absolute Gasteiger partial charge is 0.490 e. The molecule has 3 atom stereocenters. The van der Waals surface area contributed by atoms with Crippen molar-refractivity contribution in [3.05, 3.63) is 83.9 Å². The number of nitrogens with zero attached hydrogens (tertiary/aromatic N) is 2. The summed E-state index contributed by atoms with van der Waals surface area (Å²) in [7, 11) is 0. The summed E-state index contributed by atoms with van der Waals surface area (Å²) in [6.45, 7) is 6.94. The third kappa shape index (κ3) is 4.20. The lowest BCUT2D eigenvalue weighted by Crippen LogP contribution is -2.37. The molecular formula is C29H30N2O5. The van der Waals surface area contributed by atoms with E-state index >= 15 is 0 Å². The molecule has 3 aromatic carbocycles. The highest BCUT2D eigenvalue weighted by Crippen LogP contribution is 2.48. The normalized spacial score (nSPS) is 21.1. The van der Waals surface area contributed by atoms with Crippen LogP contribution < -0.4 is 19.4 Å². The van der Waals surface area contributed by atoms with Gasteiger partial charge in [0.1, 0.15) is 5.92 Å².